The molecule has 1 saturated heterocycles. The molecule has 49 heavy (non-hydrogen) atoms. The van der Waals surface area contributed by atoms with Gasteiger partial charge in [-0.2, -0.15) is 0 Å². The Balaban J connectivity index is 0.851. The Kier molecular flexibility index (Phi) is 9.66. The van der Waals surface area contributed by atoms with Crippen LogP contribution >= 0.6 is 0 Å². The zero-order chi connectivity index (χ0) is 33.7. The smallest absolute Gasteiger partial charge is 0.255 e. The van der Waals surface area contributed by atoms with E-state index in [1.165, 1.54) is 22.3 Å². The first kappa shape index (κ1) is 32.5. The van der Waals surface area contributed by atoms with Crippen molar-refractivity contribution in [3.63, 3.8) is 0 Å². The molecule has 0 spiro atoms. The lowest BCUT2D eigenvalue weighted by Crippen LogP contribution is -2.49. The minimum absolute atomic E-state index is 0.0886. The molecule has 3 atom stereocenters. The summed E-state index contributed by atoms with van der Waals surface area (Å²) in [5.74, 6) is 1.47. The number of anilines is 1. The van der Waals surface area contributed by atoms with E-state index in [0.29, 0.717) is 62.1 Å². The summed E-state index contributed by atoms with van der Waals surface area (Å²) in [6, 6.07) is 30.3. The normalized spacial score (nSPS) is 20.0. The fourth-order valence-electron chi connectivity index (χ4n) is 7.54. The van der Waals surface area contributed by atoms with Crippen molar-refractivity contribution in [2.24, 2.45) is 0 Å². The number of phenolic OH excluding ortho intramolecular Hbond substituents is 1. The number of aryl methyl sites for hydroxylation is 1. The predicted molar refractivity (Wildman–Crippen MR) is 190 cm³/mol. The number of benzene rings is 4. The number of rotatable bonds is 12. The van der Waals surface area contributed by atoms with Crippen molar-refractivity contribution in [1.82, 2.24) is 10.2 Å². The Morgan fingerprint density at radius 2 is 1.69 bits per heavy atom. The van der Waals surface area contributed by atoms with Crippen LogP contribution in [-0.2, 0) is 22.5 Å². The maximum atomic E-state index is 13.0. The summed E-state index contributed by atoms with van der Waals surface area (Å²) in [5, 5.41) is 16.3. The van der Waals surface area contributed by atoms with Gasteiger partial charge in [-0.3, -0.25) is 9.59 Å². The second-order valence-electron chi connectivity index (χ2n) is 13.2. The molecule has 3 N–H and O–H groups in total. The van der Waals surface area contributed by atoms with Gasteiger partial charge in [0, 0.05) is 42.6 Å². The van der Waals surface area contributed by atoms with Crippen molar-refractivity contribution in [2.75, 3.05) is 31.7 Å². The van der Waals surface area contributed by atoms with E-state index in [9.17, 15) is 14.7 Å². The van der Waals surface area contributed by atoms with Crippen LogP contribution in [0.4, 0.5) is 5.69 Å². The van der Waals surface area contributed by atoms with E-state index in [0.717, 1.165) is 42.8 Å². The first-order chi connectivity index (χ1) is 23.9. The number of fused-ring (bicyclic) bond motifs is 2. The molecule has 1 fully saturated rings. The summed E-state index contributed by atoms with van der Waals surface area (Å²) < 4.78 is 11.8. The number of hydrogen-bond donors (Lipinski definition) is 3. The van der Waals surface area contributed by atoms with Gasteiger partial charge in [-0.25, -0.2) is 0 Å². The van der Waals surface area contributed by atoms with Crippen LogP contribution in [-0.4, -0.2) is 54.2 Å². The Hall–Kier alpha value is -5.08. The van der Waals surface area contributed by atoms with Crippen LogP contribution in [0.5, 0.6) is 11.5 Å². The van der Waals surface area contributed by atoms with Crippen LogP contribution in [0.2, 0.25) is 0 Å². The summed E-state index contributed by atoms with van der Waals surface area (Å²) >= 11 is 0. The quantitative estimate of drug-likeness (QED) is 0.143. The maximum absolute atomic E-state index is 13.0. The molecule has 3 aliphatic rings. The van der Waals surface area contributed by atoms with Crippen LogP contribution in [0.15, 0.2) is 103 Å². The largest absolute Gasteiger partial charge is 0.508 e. The number of nitrogens with zero attached hydrogens (tertiary/aromatic N) is 1. The van der Waals surface area contributed by atoms with Gasteiger partial charge in [-0.05, 0) is 108 Å². The number of aromatic hydroxyl groups is 1. The minimum atomic E-state index is -0.452. The topological polar surface area (TPSA) is 100 Å². The summed E-state index contributed by atoms with van der Waals surface area (Å²) in [6.45, 7) is 6.57. The highest BCUT2D eigenvalue weighted by Crippen LogP contribution is 2.47. The highest BCUT2D eigenvalue weighted by Gasteiger charge is 2.38. The van der Waals surface area contributed by atoms with Gasteiger partial charge in [0.05, 0.1) is 6.61 Å². The first-order valence-electron chi connectivity index (χ1n) is 17.3. The van der Waals surface area contributed by atoms with Gasteiger partial charge < -0.3 is 30.1 Å². The average Bonchev–Trinajstić information content (AvgIpc) is 3.44. The van der Waals surface area contributed by atoms with E-state index in [4.69, 9.17) is 9.47 Å². The van der Waals surface area contributed by atoms with Crippen molar-refractivity contribution < 1.29 is 24.2 Å². The molecule has 0 bridgehead atoms. The monoisotopic (exact) mass is 657 g/mol. The highest BCUT2D eigenvalue weighted by atomic mass is 16.5. The van der Waals surface area contributed by atoms with E-state index >= 15 is 0 Å². The van der Waals surface area contributed by atoms with Crippen LogP contribution < -0.4 is 15.4 Å². The minimum Gasteiger partial charge on any atom is -0.508 e. The van der Waals surface area contributed by atoms with Crippen molar-refractivity contribution in [1.29, 1.82) is 0 Å². The fourth-order valence-corrected chi connectivity index (χ4v) is 7.54. The van der Waals surface area contributed by atoms with Gasteiger partial charge in [-0.15, -0.1) is 0 Å². The van der Waals surface area contributed by atoms with Crippen LogP contribution in [0.3, 0.4) is 0 Å². The average molecular weight is 658 g/mol. The third-order valence-corrected chi connectivity index (χ3v) is 9.98. The lowest BCUT2D eigenvalue weighted by molar-refractivity contribution is -0.126. The van der Waals surface area contributed by atoms with Crippen molar-refractivity contribution in [2.45, 2.75) is 56.5 Å². The number of nitrogens with one attached hydrogen (secondary N) is 2. The third kappa shape index (κ3) is 7.20. The summed E-state index contributed by atoms with van der Waals surface area (Å²) in [7, 11) is 0. The molecule has 0 radical (unpaired) electrons. The Morgan fingerprint density at radius 1 is 0.857 bits per heavy atom. The van der Waals surface area contributed by atoms with Crippen LogP contribution in [0, 0.1) is 0 Å². The molecule has 0 saturated carbocycles. The molecule has 2 heterocycles. The van der Waals surface area contributed by atoms with Crippen molar-refractivity contribution >= 4 is 17.5 Å². The van der Waals surface area contributed by atoms with E-state index in [1.807, 2.05) is 36.4 Å². The first-order valence-corrected chi connectivity index (χ1v) is 17.3. The lowest BCUT2D eigenvalue weighted by Gasteiger charge is -2.34. The molecule has 4 aromatic rings. The Morgan fingerprint density at radius 3 is 2.51 bits per heavy atom. The molecule has 8 heteroatoms. The SMILES string of the molecule is C=C1CC[C@H](N2Cc3cc(NCCCOCCOc4ccc([C@@H]5c6ccc(O)cc6CC[C@@H]5c5ccccc5)cc4)ccc3C2=O)C(=O)N1. The van der Waals surface area contributed by atoms with Gasteiger partial charge in [-0.1, -0.05) is 55.1 Å². The third-order valence-electron chi connectivity index (χ3n) is 9.98. The summed E-state index contributed by atoms with van der Waals surface area (Å²) in [4.78, 5) is 27.1. The number of hydrogen-bond acceptors (Lipinski definition) is 6. The molecule has 1 aliphatic carbocycles. The molecule has 0 unspecified atom stereocenters. The second-order valence-corrected chi connectivity index (χ2v) is 13.2. The Bertz CT molecular complexity index is 1820. The van der Waals surface area contributed by atoms with E-state index in [1.54, 1.807) is 11.0 Å². The van der Waals surface area contributed by atoms with Gasteiger partial charge >= 0.3 is 0 Å². The summed E-state index contributed by atoms with van der Waals surface area (Å²) in [5.41, 5.74) is 8.35. The van der Waals surface area contributed by atoms with Gasteiger partial charge in [0.25, 0.3) is 5.91 Å². The predicted octanol–water partition coefficient (Wildman–Crippen LogP) is 6.90. The molecule has 4 aromatic carbocycles. The van der Waals surface area contributed by atoms with Crippen molar-refractivity contribution in [3.05, 3.63) is 137 Å². The van der Waals surface area contributed by atoms with Gasteiger partial charge in [0.15, 0.2) is 0 Å². The highest BCUT2D eigenvalue weighted by molar-refractivity contribution is 6.01. The number of carbonyl (C=O) groups excluding carboxylic acids is 2. The maximum Gasteiger partial charge on any atom is 0.255 e. The van der Waals surface area contributed by atoms with E-state index < -0.39 is 6.04 Å². The molecule has 7 rings (SSSR count). The van der Waals surface area contributed by atoms with Crippen molar-refractivity contribution in [3.8, 4) is 11.5 Å². The van der Waals surface area contributed by atoms with E-state index in [2.05, 4.69) is 65.7 Å². The molecular weight excluding hydrogens is 614 g/mol. The molecule has 2 amide bonds. The molecule has 2 aliphatic heterocycles. The zero-order valence-corrected chi connectivity index (χ0v) is 27.7. The summed E-state index contributed by atoms with van der Waals surface area (Å²) in [6.07, 6.45) is 4.09. The second kappa shape index (κ2) is 14.6. The number of phenols is 1. The number of allylic oxidation sites excluding steroid dienone is 1. The fraction of sp³-hybridized carbons (Fsp3) is 0.317. The Labute approximate surface area is 287 Å². The zero-order valence-electron chi connectivity index (χ0n) is 27.7. The standard InChI is InChI=1S/C41H43N3O5/c1-27-8-19-38(40(46)43-27)44-26-31-24-32(12-17-37(31)41(44)47)42-20-5-21-48-22-23-49-34-14-9-29(10-15-34)39-35(28-6-3-2-4-7-28)16-11-30-25-33(45)13-18-36(30)39/h2-4,6-7,9-10,12-15,17-18,24-25,35,38-39,42,45H,1,5,8,11,16,19-23,26H2,(H,43,46)/t35-,38+,39+/m1/s1. The molecule has 252 valence electrons. The molecule has 8 nitrogen and oxygen atoms in total. The molecule has 0 aromatic heterocycles. The van der Waals surface area contributed by atoms with Gasteiger partial charge in [0.1, 0.15) is 24.1 Å². The van der Waals surface area contributed by atoms with Crippen LogP contribution in [0.1, 0.15) is 75.7 Å². The molecular formula is C41H43N3O5. The number of piperidine rings is 1. The van der Waals surface area contributed by atoms with E-state index in [-0.39, 0.29) is 17.7 Å². The number of carbonyl (C=O) groups is 2. The number of ether oxygens (including phenoxy) is 2. The van der Waals surface area contributed by atoms with Gasteiger partial charge in [0.2, 0.25) is 5.91 Å². The van der Waals surface area contributed by atoms with Crippen LogP contribution in [0.25, 0.3) is 0 Å². The lowest BCUT2D eigenvalue weighted by atomic mass is 9.69. The number of amides is 2.